The van der Waals surface area contributed by atoms with E-state index in [1.807, 2.05) is 26.8 Å². The van der Waals surface area contributed by atoms with Gasteiger partial charge in [0.1, 0.15) is 12.2 Å². The summed E-state index contributed by atoms with van der Waals surface area (Å²) in [5.41, 5.74) is -0.0121. The van der Waals surface area contributed by atoms with E-state index in [1.54, 1.807) is 34.2 Å². The molecule has 12 heteroatoms. The van der Waals surface area contributed by atoms with Crippen molar-refractivity contribution >= 4 is 45.5 Å². The van der Waals surface area contributed by atoms with Crippen LogP contribution in [0.2, 0.25) is 0 Å². The molecule has 0 radical (unpaired) electrons. The van der Waals surface area contributed by atoms with Gasteiger partial charge in [-0.1, -0.05) is 0 Å². The Morgan fingerprint density at radius 1 is 1.14 bits per heavy atom. The Kier molecular flexibility index (Phi) is 6.66. The Bertz CT molecular complexity index is 1510. The van der Waals surface area contributed by atoms with Gasteiger partial charge in [-0.25, -0.2) is 23.9 Å². The maximum atomic E-state index is 13.6. The van der Waals surface area contributed by atoms with Crippen LogP contribution >= 0.6 is 34.6 Å². The van der Waals surface area contributed by atoms with E-state index in [0.29, 0.717) is 30.7 Å². The van der Waals surface area contributed by atoms with Crippen molar-refractivity contribution in [1.82, 2.24) is 23.8 Å². The van der Waals surface area contributed by atoms with E-state index in [1.165, 1.54) is 27.9 Å². The zero-order chi connectivity index (χ0) is 24.7. The molecule has 0 amide bonds. The van der Waals surface area contributed by atoms with Gasteiger partial charge in [0.25, 0.3) is 5.56 Å². The first-order valence-electron chi connectivity index (χ1n) is 11.0. The molecule has 3 aromatic heterocycles. The van der Waals surface area contributed by atoms with Crippen LogP contribution in [0.25, 0.3) is 10.9 Å². The number of aromatic nitrogens is 4. The second-order valence-corrected chi connectivity index (χ2v) is 12.1. The van der Waals surface area contributed by atoms with E-state index in [9.17, 15) is 14.0 Å². The number of halogens is 1. The molecule has 35 heavy (non-hydrogen) atoms. The maximum Gasteiger partial charge on any atom is 0.332 e. The SMILES string of the molecule is Cc1ncc(Cn2c(=O)c3cc(SNC4(CF)COC4)ccc3n(Cc3sc(C)nc3C)c2=O)s1. The molecule has 1 fully saturated rings. The number of ether oxygens (including phenoxy) is 1. The van der Waals surface area contributed by atoms with Gasteiger partial charge in [0, 0.05) is 20.8 Å². The van der Waals surface area contributed by atoms with Gasteiger partial charge < -0.3 is 4.74 Å². The highest BCUT2D eigenvalue weighted by Gasteiger charge is 2.38. The summed E-state index contributed by atoms with van der Waals surface area (Å²) in [6.45, 7) is 6.28. The summed E-state index contributed by atoms with van der Waals surface area (Å²) >= 11 is 4.26. The molecule has 4 aromatic rings. The largest absolute Gasteiger partial charge is 0.377 e. The third-order valence-corrected chi connectivity index (χ3v) is 8.86. The number of fused-ring (bicyclic) bond motifs is 1. The third kappa shape index (κ3) is 4.73. The van der Waals surface area contributed by atoms with Crippen molar-refractivity contribution in [2.45, 2.75) is 44.3 Å². The molecule has 0 aliphatic carbocycles. The van der Waals surface area contributed by atoms with Crippen LogP contribution in [0, 0.1) is 20.8 Å². The number of alkyl halides is 1. The average molecular weight is 534 g/mol. The summed E-state index contributed by atoms with van der Waals surface area (Å²) < 4.78 is 24.7. The van der Waals surface area contributed by atoms with Gasteiger partial charge in [-0.2, -0.15) is 0 Å². The van der Waals surface area contributed by atoms with Crippen LogP contribution < -0.4 is 16.0 Å². The summed E-state index contributed by atoms with van der Waals surface area (Å²) in [6, 6.07) is 5.38. The molecule has 1 aliphatic heterocycles. The number of rotatable bonds is 8. The Labute approximate surface area is 212 Å². The lowest BCUT2D eigenvalue weighted by Gasteiger charge is -2.39. The number of nitrogens with one attached hydrogen (secondary N) is 1. The third-order valence-electron chi connectivity index (χ3n) is 5.88. The van der Waals surface area contributed by atoms with Crippen LogP contribution in [0.5, 0.6) is 0 Å². The number of nitrogens with zero attached hydrogens (tertiary/aromatic N) is 4. The lowest BCUT2D eigenvalue weighted by atomic mass is 10.0. The molecule has 5 rings (SSSR count). The fourth-order valence-electron chi connectivity index (χ4n) is 3.94. The molecule has 8 nitrogen and oxygen atoms in total. The molecule has 0 atom stereocenters. The molecule has 0 bridgehead atoms. The Balaban J connectivity index is 1.60. The first-order valence-corrected chi connectivity index (χ1v) is 13.4. The summed E-state index contributed by atoms with van der Waals surface area (Å²) in [5, 5.41) is 2.22. The molecular weight excluding hydrogens is 509 g/mol. The molecule has 1 aromatic carbocycles. The van der Waals surface area contributed by atoms with E-state index in [-0.39, 0.29) is 17.8 Å². The van der Waals surface area contributed by atoms with Crippen LogP contribution in [0.4, 0.5) is 4.39 Å². The van der Waals surface area contributed by atoms with Crippen LogP contribution in [0.3, 0.4) is 0 Å². The standard InChI is InChI=1S/C23H24FN5O3S3/c1-13-20(34-15(3)26-13)9-28-19-5-4-16(35-27-23(10-24)11-32-12-23)6-18(19)21(30)29(22(28)31)8-17-7-25-14(2)33-17/h4-7,27H,8-12H2,1-3H3. The first kappa shape index (κ1) is 24.3. The lowest BCUT2D eigenvalue weighted by molar-refractivity contribution is -0.0712. The highest BCUT2D eigenvalue weighted by molar-refractivity contribution is 7.97. The fourth-order valence-corrected chi connectivity index (χ4v) is 6.47. The molecule has 1 saturated heterocycles. The monoisotopic (exact) mass is 533 g/mol. The molecule has 4 heterocycles. The highest BCUT2D eigenvalue weighted by Crippen LogP contribution is 2.27. The normalized spacial score (nSPS) is 15.0. The van der Waals surface area contributed by atoms with Crippen molar-refractivity contribution < 1.29 is 9.13 Å². The molecule has 0 unspecified atom stereocenters. The second-order valence-electron chi connectivity index (χ2n) is 8.64. The molecule has 1 aliphatic rings. The van der Waals surface area contributed by atoms with E-state index in [4.69, 9.17) is 4.74 Å². The quantitative estimate of drug-likeness (QED) is 0.347. The smallest absolute Gasteiger partial charge is 0.332 e. The minimum atomic E-state index is -0.704. The molecule has 0 saturated carbocycles. The number of thiazole rings is 2. The van der Waals surface area contributed by atoms with Crippen molar-refractivity contribution in [3.63, 3.8) is 0 Å². The number of hydrogen-bond acceptors (Lipinski definition) is 9. The van der Waals surface area contributed by atoms with Gasteiger partial charge in [0.2, 0.25) is 0 Å². The fraction of sp³-hybridized carbons (Fsp3) is 0.391. The molecule has 0 spiro atoms. The van der Waals surface area contributed by atoms with Crippen LogP contribution in [-0.2, 0) is 17.8 Å². The van der Waals surface area contributed by atoms with Gasteiger partial charge >= 0.3 is 5.69 Å². The van der Waals surface area contributed by atoms with Crippen LogP contribution in [-0.4, -0.2) is 44.5 Å². The van der Waals surface area contributed by atoms with Crippen molar-refractivity contribution in [1.29, 1.82) is 0 Å². The molecular formula is C23H24FN5O3S3. The second kappa shape index (κ2) is 9.58. The minimum absolute atomic E-state index is 0.151. The number of hydrogen-bond donors (Lipinski definition) is 1. The van der Waals surface area contributed by atoms with Crippen molar-refractivity contribution in [3.8, 4) is 0 Å². The van der Waals surface area contributed by atoms with E-state index >= 15 is 0 Å². The Morgan fingerprint density at radius 3 is 2.54 bits per heavy atom. The topological polar surface area (TPSA) is 91.0 Å². The van der Waals surface area contributed by atoms with Gasteiger partial charge in [0.15, 0.2) is 0 Å². The Hall–Kier alpha value is -2.38. The van der Waals surface area contributed by atoms with E-state index in [0.717, 1.165) is 30.4 Å². The van der Waals surface area contributed by atoms with Crippen molar-refractivity contribution in [2.24, 2.45) is 0 Å². The zero-order valence-corrected chi connectivity index (χ0v) is 21.9. The Morgan fingerprint density at radius 2 is 1.94 bits per heavy atom. The van der Waals surface area contributed by atoms with E-state index in [2.05, 4.69) is 14.7 Å². The number of aryl methyl sites for hydroxylation is 3. The van der Waals surface area contributed by atoms with Gasteiger partial charge in [-0.15, -0.1) is 22.7 Å². The average Bonchev–Trinajstić information content (AvgIpc) is 3.37. The highest BCUT2D eigenvalue weighted by atomic mass is 32.2. The predicted molar refractivity (Wildman–Crippen MR) is 138 cm³/mol. The summed E-state index contributed by atoms with van der Waals surface area (Å²) in [4.78, 5) is 38.4. The predicted octanol–water partition coefficient (Wildman–Crippen LogP) is 3.43. The minimum Gasteiger partial charge on any atom is -0.377 e. The van der Waals surface area contributed by atoms with Gasteiger partial charge in [-0.05, 0) is 50.9 Å². The first-order chi connectivity index (χ1) is 16.8. The summed E-state index contributed by atoms with van der Waals surface area (Å²) in [7, 11) is 0. The summed E-state index contributed by atoms with van der Waals surface area (Å²) in [6.07, 6.45) is 1.70. The summed E-state index contributed by atoms with van der Waals surface area (Å²) in [5.74, 6) is 0. The van der Waals surface area contributed by atoms with E-state index < -0.39 is 12.2 Å². The van der Waals surface area contributed by atoms with Crippen LogP contribution in [0.1, 0.15) is 25.5 Å². The van der Waals surface area contributed by atoms with Crippen LogP contribution in [0.15, 0.2) is 38.9 Å². The van der Waals surface area contributed by atoms with Gasteiger partial charge in [0.05, 0.1) is 52.9 Å². The molecule has 1 N–H and O–H groups in total. The van der Waals surface area contributed by atoms with Gasteiger partial charge in [-0.3, -0.25) is 13.9 Å². The number of benzene rings is 1. The maximum absolute atomic E-state index is 13.6. The zero-order valence-electron chi connectivity index (χ0n) is 19.5. The van der Waals surface area contributed by atoms with Crippen molar-refractivity contribution in [2.75, 3.05) is 19.9 Å². The molecule has 184 valence electrons. The van der Waals surface area contributed by atoms with Crippen molar-refractivity contribution in [3.05, 3.63) is 70.7 Å². The lowest BCUT2D eigenvalue weighted by Crippen LogP contribution is -2.59.